The minimum atomic E-state index is 0.189. The van der Waals surface area contributed by atoms with Crippen LogP contribution in [0.1, 0.15) is 67.2 Å². The average Bonchev–Trinajstić information content (AvgIpc) is 3.08. The fraction of sp³-hybridized carbons (Fsp3) is 0.238. The number of hydrogen-bond acceptors (Lipinski definition) is 1. The molecule has 0 saturated carbocycles. The lowest BCUT2D eigenvalue weighted by molar-refractivity contribution is 0.464. The summed E-state index contributed by atoms with van der Waals surface area (Å²) < 4.78 is 0. The summed E-state index contributed by atoms with van der Waals surface area (Å²) in [5.74, 6) is 1.50. The molecule has 1 N–H and O–H groups in total. The van der Waals surface area contributed by atoms with Gasteiger partial charge in [-0.1, -0.05) is 127 Å². The normalized spacial score (nSPS) is 25.5. The van der Waals surface area contributed by atoms with Crippen molar-refractivity contribution in [3.8, 4) is 0 Å². The number of benzene rings is 4. The van der Waals surface area contributed by atoms with Crippen molar-refractivity contribution < 1.29 is 0 Å². The van der Waals surface area contributed by atoms with E-state index in [1.165, 1.54) is 68.8 Å². The van der Waals surface area contributed by atoms with Gasteiger partial charge in [0.1, 0.15) is 0 Å². The number of hydrogen-bond donors (Lipinski definition) is 1. The number of allylic oxidation sites excluding steroid dienone is 9. The van der Waals surface area contributed by atoms with Crippen molar-refractivity contribution in [3.05, 3.63) is 168 Å². The van der Waals surface area contributed by atoms with Crippen molar-refractivity contribution in [2.45, 2.75) is 50.5 Å². The summed E-state index contributed by atoms with van der Waals surface area (Å²) in [6, 6.07) is 29.2. The van der Waals surface area contributed by atoms with Gasteiger partial charge in [-0.25, -0.2) is 0 Å². The van der Waals surface area contributed by atoms with E-state index in [4.69, 9.17) is 0 Å². The first-order chi connectivity index (χ1) is 21.2. The monoisotopic (exact) mass is 559 g/mol. The Balaban J connectivity index is 1.27. The summed E-state index contributed by atoms with van der Waals surface area (Å²) in [5, 5.41) is 9.44. The Morgan fingerprint density at radius 1 is 0.767 bits per heavy atom. The molecule has 214 valence electrons. The SMILES string of the molecule is C=CC1C=CC(c2c3ccccc3c(C3C=CCCC3)c3ccccc23)CC1/C=C(\C)C1=CC=CC(c2ccccc2)N1. The summed E-state index contributed by atoms with van der Waals surface area (Å²) in [5.41, 5.74) is 6.77. The first kappa shape index (κ1) is 27.5. The summed E-state index contributed by atoms with van der Waals surface area (Å²) in [6.45, 7) is 6.49. The van der Waals surface area contributed by atoms with Crippen LogP contribution in [0.5, 0.6) is 0 Å². The molecule has 0 fully saturated rings. The summed E-state index contributed by atoms with van der Waals surface area (Å²) in [7, 11) is 0. The molecule has 0 saturated heterocycles. The van der Waals surface area contributed by atoms with Gasteiger partial charge < -0.3 is 5.32 Å². The molecular formula is C42H41N. The third kappa shape index (κ3) is 5.34. The quantitative estimate of drug-likeness (QED) is 0.183. The van der Waals surface area contributed by atoms with Crippen molar-refractivity contribution in [2.75, 3.05) is 0 Å². The number of fused-ring (bicyclic) bond motifs is 2. The van der Waals surface area contributed by atoms with Crippen LogP contribution in [0.4, 0.5) is 0 Å². The van der Waals surface area contributed by atoms with Crippen molar-refractivity contribution in [3.63, 3.8) is 0 Å². The van der Waals surface area contributed by atoms with Crippen molar-refractivity contribution in [1.29, 1.82) is 0 Å². The zero-order valence-corrected chi connectivity index (χ0v) is 25.1. The largest absolute Gasteiger partial charge is 0.375 e. The molecule has 3 aliphatic rings. The second-order valence-corrected chi connectivity index (χ2v) is 12.4. The molecule has 1 aliphatic heterocycles. The van der Waals surface area contributed by atoms with Crippen LogP contribution >= 0.6 is 0 Å². The molecule has 1 heterocycles. The van der Waals surface area contributed by atoms with Gasteiger partial charge in [-0.2, -0.15) is 0 Å². The van der Waals surface area contributed by atoms with Crippen LogP contribution in [-0.4, -0.2) is 0 Å². The molecule has 2 aliphatic carbocycles. The molecule has 7 rings (SSSR count). The highest BCUT2D eigenvalue weighted by Gasteiger charge is 2.29. The van der Waals surface area contributed by atoms with Crippen molar-refractivity contribution in [2.24, 2.45) is 11.8 Å². The smallest absolute Gasteiger partial charge is 0.0701 e. The molecule has 0 aromatic heterocycles. The molecule has 1 nitrogen and oxygen atoms in total. The first-order valence-electron chi connectivity index (χ1n) is 16.0. The second kappa shape index (κ2) is 12.1. The Morgan fingerprint density at radius 2 is 1.42 bits per heavy atom. The molecule has 0 amide bonds. The van der Waals surface area contributed by atoms with E-state index in [-0.39, 0.29) is 6.04 Å². The van der Waals surface area contributed by atoms with E-state index in [9.17, 15) is 0 Å². The molecule has 0 bridgehead atoms. The van der Waals surface area contributed by atoms with Gasteiger partial charge in [0.25, 0.3) is 0 Å². The highest BCUT2D eigenvalue weighted by molar-refractivity contribution is 6.07. The maximum Gasteiger partial charge on any atom is 0.0701 e. The van der Waals surface area contributed by atoms with Crippen LogP contribution in [0.15, 0.2) is 151 Å². The number of nitrogens with one attached hydrogen (secondary N) is 1. The molecule has 1 heteroatoms. The van der Waals surface area contributed by atoms with E-state index < -0.39 is 0 Å². The van der Waals surface area contributed by atoms with Gasteiger partial charge in [-0.3, -0.25) is 0 Å². The minimum Gasteiger partial charge on any atom is -0.375 e. The Bertz CT molecular complexity index is 1740. The molecule has 0 spiro atoms. The second-order valence-electron chi connectivity index (χ2n) is 12.4. The van der Waals surface area contributed by atoms with Gasteiger partial charge in [0.15, 0.2) is 0 Å². The molecule has 43 heavy (non-hydrogen) atoms. The molecule has 5 unspecified atom stereocenters. The van der Waals surface area contributed by atoms with Crippen LogP contribution in [0.3, 0.4) is 0 Å². The van der Waals surface area contributed by atoms with Gasteiger partial charge in [0.2, 0.25) is 0 Å². The Hall–Kier alpha value is -4.36. The third-order valence-corrected chi connectivity index (χ3v) is 9.79. The van der Waals surface area contributed by atoms with Crippen molar-refractivity contribution >= 4 is 21.5 Å². The van der Waals surface area contributed by atoms with E-state index in [2.05, 4.69) is 152 Å². The topological polar surface area (TPSA) is 12.0 Å². The molecular weight excluding hydrogens is 518 g/mol. The predicted molar refractivity (Wildman–Crippen MR) is 184 cm³/mol. The van der Waals surface area contributed by atoms with Crippen LogP contribution in [0.2, 0.25) is 0 Å². The molecule has 5 atom stereocenters. The lowest BCUT2D eigenvalue weighted by Gasteiger charge is -2.32. The predicted octanol–water partition coefficient (Wildman–Crippen LogP) is 11.0. The van der Waals surface area contributed by atoms with Gasteiger partial charge in [0.05, 0.1) is 6.04 Å². The van der Waals surface area contributed by atoms with E-state index in [1.54, 1.807) is 0 Å². The van der Waals surface area contributed by atoms with E-state index in [0.717, 1.165) is 6.42 Å². The summed E-state index contributed by atoms with van der Waals surface area (Å²) >= 11 is 0. The minimum absolute atomic E-state index is 0.189. The van der Waals surface area contributed by atoms with Gasteiger partial charge >= 0.3 is 0 Å². The van der Waals surface area contributed by atoms with E-state index in [1.807, 2.05) is 0 Å². The van der Waals surface area contributed by atoms with Crippen LogP contribution < -0.4 is 5.32 Å². The first-order valence-corrected chi connectivity index (χ1v) is 16.0. The van der Waals surface area contributed by atoms with Crippen molar-refractivity contribution in [1.82, 2.24) is 5.32 Å². The Morgan fingerprint density at radius 3 is 2.05 bits per heavy atom. The standard InChI is InChI=1S/C42H41N/c1-3-30-25-26-33(28-34(30)27-29(2)39-23-14-24-40(43-39)31-15-6-4-7-16-31)42-37-21-12-10-19-35(37)41(32-17-8-5-9-18-32)36-20-11-13-22-38(36)42/h3-4,6-8,10-17,19-27,30,32-34,40,43H,1,5,9,18,28H2,2H3/b29-27+. The van der Waals surface area contributed by atoms with E-state index in [0.29, 0.717) is 23.7 Å². The van der Waals surface area contributed by atoms with E-state index >= 15 is 0 Å². The summed E-state index contributed by atoms with van der Waals surface area (Å²) in [4.78, 5) is 0. The van der Waals surface area contributed by atoms with Gasteiger partial charge in [-0.15, -0.1) is 6.58 Å². The lowest BCUT2D eigenvalue weighted by Crippen LogP contribution is -2.23. The zero-order valence-electron chi connectivity index (χ0n) is 25.1. The highest BCUT2D eigenvalue weighted by Crippen LogP contribution is 2.46. The molecule has 4 aromatic carbocycles. The van der Waals surface area contributed by atoms with Gasteiger partial charge in [0, 0.05) is 23.5 Å². The maximum absolute atomic E-state index is 4.24. The fourth-order valence-corrected chi connectivity index (χ4v) is 7.67. The van der Waals surface area contributed by atoms with Gasteiger partial charge in [-0.05, 0) is 88.4 Å². The van der Waals surface area contributed by atoms with Crippen LogP contribution in [0, 0.1) is 11.8 Å². The lowest BCUT2D eigenvalue weighted by atomic mass is 9.72. The average molecular weight is 560 g/mol. The maximum atomic E-state index is 4.24. The third-order valence-electron chi connectivity index (χ3n) is 9.79. The van der Waals surface area contributed by atoms with Crippen LogP contribution in [-0.2, 0) is 0 Å². The van der Waals surface area contributed by atoms with Crippen LogP contribution in [0.25, 0.3) is 21.5 Å². The zero-order chi connectivity index (χ0) is 29.2. The number of dihydropyridines is 1. The highest BCUT2D eigenvalue weighted by atomic mass is 14.9. The Kier molecular flexibility index (Phi) is 7.73. The Labute approximate surface area is 256 Å². The summed E-state index contributed by atoms with van der Waals surface area (Å²) in [6.07, 6.45) is 25.7. The number of rotatable bonds is 6. The fourth-order valence-electron chi connectivity index (χ4n) is 7.67. The molecule has 4 aromatic rings. The molecule has 0 radical (unpaired) electrons.